The molecule has 17 heavy (non-hydrogen) atoms. The number of benzene rings is 1. The van der Waals surface area contributed by atoms with Crippen molar-refractivity contribution in [3.8, 4) is 0 Å². The van der Waals surface area contributed by atoms with Gasteiger partial charge in [-0.25, -0.2) is 0 Å². The Bertz CT molecular complexity index is 307. The van der Waals surface area contributed by atoms with E-state index in [1.165, 1.54) is 18.7 Å². The van der Waals surface area contributed by atoms with E-state index in [1.54, 1.807) is 0 Å². The van der Waals surface area contributed by atoms with Crippen molar-refractivity contribution in [1.29, 1.82) is 0 Å². The largest absolute Gasteiger partial charge is 0.314 e. The molecule has 1 heterocycles. The Hall–Kier alpha value is -0.900. The van der Waals surface area contributed by atoms with Crippen LogP contribution in [0.3, 0.4) is 0 Å². The van der Waals surface area contributed by atoms with Gasteiger partial charge in [0.15, 0.2) is 0 Å². The molecule has 3 heteroatoms. The van der Waals surface area contributed by atoms with Crippen LogP contribution in [0.15, 0.2) is 30.3 Å². The third-order valence-corrected chi connectivity index (χ3v) is 3.39. The van der Waals surface area contributed by atoms with Gasteiger partial charge in [0.1, 0.15) is 0 Å². The van der Waals surface area contributed by atoms with E-state index in [0.717, 1.165) is 26.2 Å². The van der Waals surface area contributed by atoms with Crippen LogP contribution in [0, 0.1) is 0 Å². The molecule has 0 radical (unpaired) electrons. The molecule has 1 saturated heterocycles. The number of nitrogens with zero attached hydrogens (tertiary/aromatic N) is 1. The Kier molecular flexibility index (Phi) is 4.98. The van der Waals surface area contributed by atoms with Gasteiger partial charge in [-0.1, -0.05) is 30.3 Å². The normalized spacial score (nSPS) is 19.1. The van der Waals surface area contributed by atoms with Crippen molar-refractivity contribution in [3.63, 3.8) is 0 Å². The predicted molar refractivity (Wildman–Crippen MR) is 72.1 cm³/mol. The highest BCUT2D eigenvalue weighted by atomic mass is 15.2. The van der Waals surface area contributed by atoms with Crippen LogP contribution in [0.2, 0.25) is 0 Å². The summed E-state index contributed by atoms with van der Waals surface area (Å²) in [5.74, 6) is 0. The minimum atomic E-state index is 0.626. The molecule has 0 bridgehead atoms. The molecule has 1 aliphatic rings. The van der Waals surface area contributed by atoms with Gasteiger partial charge in [0.05, 0.1) is 0 Å². The highest BCUT2D eigenvalue weighted by Gasteiger charge is 2.15. The summed E-state index contributed by atoms with van der Waals surface area (Å²) in [6.45, 7) is 8.95. The average molecular weight is 233 g/mol. The van der Waals surface area contributed by atoms with E-state index < -0.39 is 0 Å². The quantitative estimate of drug-likeness (QED) is 0.796. The van der Waals surface area contributed by atoms with Crippen molar-refractivity contribution in [2.75, 3.05) is 32.7 Å². The predicted octanol–water partition coefficient (Wildman–Crippen LogP) is 1.07. The SMILES string of the molecule is CC(CNCc1ccccc1)N1CCNCC1. The zero-order valence-corrected chi connectivity index (χ0v) is 10.7. The molecule has 0 spiro atoms. The van der Waals surface area contributed by atoms with E-state index in [-0.39, 0.29) is 0 Å². The van der Waals surface area contributed by atoms with Crippen molar-refractivity contribution >= 4 is 0 Å². The Labute approximate surface area is 104 Å². The summed E-state index contributed by atoms with van der Waals surface area (Å²) in [5, 5.41) is 6.93. The number of hydrogen-bond donors (Lipinski definition) is 2. The molecule has 0 aromatic heterocycles. The minimum Gasteiger partial charge on any atom is -0.314 e. The first kappa shape index (κ1) is 12.6. The smallest absolute Gasteiger partial charge is 0.0206 e. The maximum Gasteiger partial charge on any atom is 0.0206 e. The van der Waals surface area contributed by atoms with Gasteiger partial charge in [0.2, 0.25) is 0 Å². The Morgan fingerprint density at radius 1 is 1.24 bits per heavy atom. The topological polar surface area (TPSA) is 27.3 Å². The first-order valence-electron chi connectivity index (χ1n) is 6.55. The summed E-state index contributed by atoms with van der Waals surface area (Å²) < 4.78 is 0. The molecular formula is C14H23N3. The Morgan fingerprint density at radius 2 is 1.94 bits per heavy atom. The maximum absolute atomic E-state index is 3.54. The van der Waals surface area contributed by atoms with E-state index in [4.69, 9.17) is 0 Å². The number of hydrogen-bond acceptors (Lipinski definition) is 3. The fraction of sp³-hybridized carbons (Fsp3) is 0.571. The van der Waals surface area contributed by atoms with Crippen LogP contribution in [0.5, 0.6) is 0 Å². The molecule has 1 atom stereocenters. The van der Waals surface area contributed by atoms with Crippen LogP contribution in [0.4, 0.5) is 0 Å². The Morgan fingerprint density at radius 3 is 2.65 bits per heavy atom. The summed E-state index contributed by atoms with van der Waals surface area (Å²) in [6, 6.07) is 11.2. The number of piperazine rings is 1. The fourth-order valence-corrected chi connectivity index (χ4v) is 2.27. The van der Waals surface area contributed by atoms with Gasteiger partial charge >= 0.3 is 0 Å². The van der Waals surface area contributed by atoms with E-state index in [0.29, 0.717) is 6.04 Å². The summed E-state index contributed by atoms with van der Waals surface area (Å²) in [4.78, 5) is 2.55. The summed E-state index contributed by atoms with van der Waals surface area (Å²) >= 11 is 0. The molecule has 1 aliphatic heterocycles. The van der Waals surface area contributed by atoms with Crippen molar-refractivity contribution in [1.82, 2.24) is 15.5 Å². The molecule has 1 unspecified atom stereocenters. The van der Waals surface area contributed by atoms with Crippen LogP contribution >= 0.6 is 0 Å². The molecule has 0 amide bonds. The Balaban J connectivity index is 1.67. The van der Waals surface area contributed by atoms with Crippen LogP contribution in [0.1, 0.15) is 12.5 Å². The summed E-state index contributed by atoms with van der Waals surface area (Å²) in [5.41, 5.74) is 1.36. The van der Waals surface area contributed by atoms with Crippen LogP contribution < -0.4 is 10.6 Å². The first-order valence-corrected chi connectivity index (χ1v) is 6.55. The molecular weight excluding hydrogens is 210 g/mol. The summed E-state index contributed by atoms with van der Waals surface area (Å²) in [6.07, 6.45) is 0. The second-order valence-electron chi connectivity index (χ2n) is 4.75. The lowest BCUT2D eigenvalue weighted by Gasteiger charge is -2.32. The average Bonchev–Trinajstić information content (AvgIpc) is 2.41. The molecule has 2 rings (SSSR count). The monoisotopic (exact) mass is 233 g/mol. The summed E-state index contributed by atoms with van der Waals surface area (Å²) in [7, 11) is 0. The van der Waals surface area contributed by atoms with Crippen molar-refractivity contribution in [3.05, 3.63) is 35.9 Å². The first-order chi connectivity index (χ1) is 8.36. The van der Waals surface area contributed by atoms with Gasteiger partial charge < -0.3 is 10.6 Å². The molecule has 1 aromatic rings. The van der Waals surface area contributed by atoms with Gasteiger partial charge in [-0.3, -0.25) is 4.90 Å². The van der Waals surface area contributed by atoms with E-state index in [2.05, 4.69) is 52.8 Å². The zero-order chi connectivity index (χ0) is 11.9. The van der Waals surface area contributed by atoms with Crippen LogP contribution in [-0.2, 0) is 6.54 Å². The van der Waals surface area contributed by atoms with Gasteiger partial charge in [-0.05, 0) is 12.5 Å². The second-order valence-corrected chi connectivity index (χ2v) is 4.75. The molecule has 2 N–H and O–H groups in total. The highest BCUT2D eigenvalue weighted by molar-refractivity contribution is 5.14. The standard InChI is InChI=1S/C14H23N3/c1-13(17-9-7-15-8-10-17)11-16-12-14-5-3-2-4-6-14/h2-6,13,15-16H,7-12H2,1H3. The molecule has 0 aliphatic carbocycles. The lowest BCUT2D eigenvalue weighted by atomic mass is 10.2. The highest BCUT2D eigenvalue weighted by Crippen LogP contribution is 2.01. The van der Waals surface area contributed by atoms with Crippen molar-refractivity contribution < 1.29 is 0 Å². The third-order valence-electron chi connectivity index (χ3n) is 3.39. The van der Waals surface area contributed by atoms with E-state index in [9.17, 15) is 0 Å². The van der Waals surface area contributed by atoms with Crippen molar-refractivity contribution in [2.24, 2.45) is 0 Å². The van der Waals surface area contributed by atoms with Gasteiger partial charge in [-0.15, -0.1) is 0 Å². The van der Waals surface area contributed by atoms with Gasteiger partial charge in [0.25, 0.3) is 0 Å². The molecule has 3 nitrogen and oxygen atoms in total. The second kappa shape index (κ2) is 6.74. The molecule has 1 aromatic carbocycles. The minimum absolute atomic E-state index is 0.626. The van der Waals surface area contributed by atoms with Crippen LogP contribution in [0.25, 0.3) is 0 Å². The zero-order valence-electron chi connectivity index (χ0n) is 10.7. The molecule has 1 fully saturated rings. The number of nitrogens with one attached hydrogen (secondary N) is 2. The lowest BCUT2D eigenvalue weighted by molar-refractivity contribution is 0.181. The van der Waals surface area contributed by atoms with Gasteiger partial charge in [-0.2, -0.15) is 0 Å². The number of rotatable bonds is 5. The van der Waals surface area contributed by atoms with Crippen LogP contribution in [-0.4, -0.2) is 43.7 Å². The third kappa shape index (κ3) is 4.11. The molecule has 0 saturated carbocycles. The van der Waals surface area contributed by atoms with Gasteiger partial charge in [0, 0.05) is 45.3 Å². The molecule has 94 valence electrons. The maximum atomic E-state index is 3.54. The lowest BCUT2D eigenvalue weighted by Crippen LogP contribution is -2.50. The fourth-order valence-electron chi connectivity index (χ4n) is 2.27. The van der Waals surface area contributed by atoms with Crippen molar-refractivity contribution in [2.45, 2.75) is 19.5 Å². The van der Waals surface area contributed by atoms with E-state index >= 15 is 0 Å². The van der Waals surface area contributed by atoms with E-state index in [1.807, 2.05) is 0 Å².